The third kappa shape index (κ3) is 5.07. The topological polar surface area (TPSA) is 44.3 Å². The summed E-state index contributed by atoms with van der Waals surface area (Å²) >= 11 is 0. The van der Waals surface area contributed by atoms with Crippen LogP contribution in [0.4, 0.5) is 11.8 Å². The van der Waals surface area contributed by atoms with E-state index in [0.29, 0.717) is 6.04 Å². The second kappa shape index (κ2) is 8.65. The Morgan fingerprint density at radius 3 is 2.71 bits per heavy atom. The first-order valence-corrected chi connectivity index (χ1v) is 9.77. The van der Waals surface area contributed by atoms with E-state index in [1.54, 1.807) is 0 Å². The van der Waals surface area contributed by atoms with Crippen LogP contribution in [0, 0.1) is 5.92 Å². The minimum atomic E-state index is 0.483. The Hall–Kier alpha value is -1.36. The molecule has 5 heteroatoms. The van der Waals surface area contributed by atoms with Crippen molar-refractivity contribution in [3.8, 4) is 0 Å². The summed E-state index contributed by atoms with van der Waals surface area (Å²) in [6, 6.07) is 2.54. The number of aromatic nitrogens is 2. The molecule has 0 bridgehead atoms. The molecule has 5 nitrogen and oxygen atoms in total. The minimum Gasteiger partial charge on any atom is -0.356 e. The van der Waals surface area contributed by atoms with Gasteiger partial charge >= 0.3 is 0 Å². The second-order valence-electron chi connectivity index (χ2n) is 7.75. The fourth-order valence-corrected chi connectivity index (χ4v) is 3.67. The van der Waals surface area contributed by atoms with Crippen LogP contribution >= 0.6 is 0 Å². The summed E-state index contributed by atoms with van der Waals surface area (Å²) in [5.74, 6) is 2.67. The lowest BCUT2D eigenvalue weighted by Gasteiger charge is -2.22. The van der Waals surface area contributed by atoms with Crippen molar-refractivity contribution >= 4 is 11.8 Å². The van der Waals surface area contributed by atoms with Crippen molar-refractivity contribution in [2.24, 2.45) is 5.92 Å². The molecule has 0 amide bonds. The highest BCUT2D eigenvalue weighted by atomic mass is 15.3. The standard InChI is InChI=1S/C19H33N5/c1-16(2)8-13-23-14-9-17(15-23)21-19-20-10-7-18(22-19)24-11-5-3-4-6-12-24/h7,10,16-17H,3-6,8-9,11-15H2,1-2H3,(H,20,21,22). The summed E-state index contributed by atoms with van der Waals surface area (Å²) in [5, 5.41) is 3.56. The fraction of sp³-hybridized carbons (Fsp3) is 0.789. The molecule has 2 saturated heterocycles. The van der Waals surface area contributed by atoms with Crippen LogP contribution in [0.15, 0.2) is 12.3 Å². The average molecular weight is 332 g/mol. The lowest BCUT2D eigenvalue weighted by atomic mass is 10.1. The van der Waals surface area contributed by atoms with Crippen LogP contribution in [0.2, 0.25) is 0 Å². The molecule has 134 valence electrons. The number of hydrogen-bond donors (Lipinski definition) is 1. The predicted octanol–water partition coefficient (Wildman–Crippen LogP) is 3.39. The summed E-state index contributed by atoms with van der Waals surface area (Å²) in [6.07, 6.45) is 9.63. The van der Waals surface area contributed by atoms with E-state index >= 15 is 0 Å². The van der Waals surface area contributed by atoms with Gasteiger partial charge < -0.3 is 15.1 Å². The molecule has 0 spiro atoms. The van der Waals surface area contributed by atoms with E-state index in [0.717, 1.165) is 37.3 Å². The van der Waals surface area contributed by atoms with Crippen LogP contribution in [0.25, 0.3) is 0 Å². The van der Waals surface area contributed by atoms with Crippen LogP contribution in [0.3, 0.4) is 0 Å². The number of anilines is 2. The van der Waals surface area contributed by atoms with E-state index < -0.39 is 0 Å². The fourth-order valence-electron chi connectivity index (χ4n) is 3.67. The van der Waals surface area contributed by atoms with Gasteiger partial charge in [-0.15, -0.1) is 0 Å². The van der Waals surface area contributed by atoms with Gasteiger partial charge in [0.25, 0.3) is 0 Å². The largest absolute Gasteiger partial charge is 0.356 e. The zero-order chi connectivity index (χ0) is 16.8. The Morgan fingerprint density at radius 1 is 1.17 bits per heavy atom. The SMILES string of the molecule is CC(C)CCN1CCC(Nc2nccc(N3CCCCCC3)n2)C1. The van der Waals surface area contributed by atoms with Gasteiger partial charge in [0, 0.05) is 38.4 Å². The normalized spacial score (nSPS) is 22.8. The maximum Gasteiger partial charge on any atom is 0.224 e. The molecule has 1 atom stereocenters. The molecule has 2 aliphatic heterocycles. The molecule has 24 heavy (non-hydrogen) atoms. The number of nitrogens with one attached hydrogen (secondary N) is 1. The third-order valence-corrected chi connectivity index (χ3v) is 5.20. The van der Waals surface area contributed by atoms with Crippen molar-refractivity contribution in [1.29, 1.82) is 0 Å². The molecule has 3 rings (SSSR count). The smallest absolute Gasteiger partial charge is 0.224 e. The van der Waals surface area contributed by atoms with Gasteiger partial charge in [0.05, 0.1) is 0 Å². The van der Waals surface area contributed by atoms with Gasteiger partial charge in [-0.05, 0) is 44.2 Å². The average Bonchev–Trinajstić information content (AvgIpc) is 2.84. The lowest BCUT2D eigenvalue weighted by molar-refractivity contribution is 0.311. The van der Waals surface area contributed by atoms with Gasteiger partial charge in [-0.2, -0.15) is 4.98 Å². The molecule has 0 aromatic carbocycles. The van der Waals surface area contributed by atoms with Crippen molar-refractivity contribution in [2.45, 2.75) is 58.4 Å². The first-order chi connectivity index (χ1) is 11.7. The van der Waals surface area contributed by atoms with Gasteiger partial charge in [-0.25, -0.2) is 4.98 Å². The van der Waals surface area contributed by atoms with Crippen LogP contribution in [0.5, 0.6) is 0 Å². The van der Waals surface area contributed by atoms with Crippen molar-refractivity contribution in [3.05, 3.63) is 12.3 Å². The van der Waals surface area contributed by atoms with Crippen molar-refractivity contribution in [3.63, 3.8) is 0 Å². The van der Waals surface area contributed by atoms with E-state index in [4.69, 9.17) is 4.98 Å². The van der Waals surface area contributed by atoms with Crippen LogP contribution in [-0.2, 0) is 0 Å². The zero-order valence-corrected chi connectivity index (χ0v) is 15.4. The first-order valence-electron chi connectivity index (χ1n) is 9.77. The summed E-state index contributed by atoms with van der Waals surface area (Å²) in [4.78, 5) is 14.2. The van der Waals surface area contributed by atoms with Gasteiger partial charge in [0.2, 0.25) is 5.95 Å². The molecular formula is C19H33N5. The number of hydrogen-bond acceptors (Lipinski definition) is 5. The highest BCUT2D eigenvalue weighted by Crippen LogP contribution is 2.19. The number of rotatable bonds is 6. The summed E-state index contributed by atoms with van der Waals surface area (Å²) < 4.78 is 0. The van der Waals surface area contributed by atoms with Gasteiger partial charge in [0.15, 0.2) is 0 Å². The molecule has 1 aromatic rings. The number of nitrogens with zero attached hydrogens (tertiary/aromatic N) is 4. The molecule has 0 aliphatic carbocycles. The Kier molecular flexibility index (Phi) is 6.30. The molecule has 2 aliphatic rings. The summed E-state index contributed by atoms with van der Waals surface area (Å²) in [5.41, 5.74) is 0. The predicted molar refractivity (Wildman–Crippen MR) is 101 cm³/mol. The Labute approximate surface area is 146 Å². The van der Waals surface area contributed by atoms with E-state index in [2.05, 4.69) is 40.0 Å². The zero-order valence-electron chi connectivity index (χ0n) is 15.4. The Bertz CT molecular complexity index is 496. The van der Waals surface area contributed by atoms with E-state index in [9.17, 15) is 0 Å². The minimum absolute atomic E-state index is 0.483. The monoisotopic (exact) mass is 331 g/mol. The van der Waals surface area contributed by atoms with Crippen molar-refractivity contribution in [2.75, 3.05) is 42.9 Å². The first kappa shape index (κ1) is 17.5. The van der Waals surface area contributed by atoms with Crippen molar-refractivity contribution < 1.29 is 0 Å². The lowest BCUT2D eigenvalue weighted by Crippen LogP contribution is -2.29. The van der Waals surface area contributed by atoms with Crippen LogP contribution < -0.4 is 10.2 Å². The molecule has 0 saturated carbocycles. The molecule has 1 unspecified atom stereocenters. The quantitative estimate of drug-likeness (QED) is 0.865. The van der Waals surface area contributed by atoms with Crippen LogP contribution in [0.1, 0.15) is 52.4 Å². The molecule has 0 radical (unpaired) electrons. The molecule has 1 aromatic heterocycles. The van der Waals surface area contributed by atoms with E-state index in [-0.39, 0.29) is 0 Å². The molecule has 2 fully saturated rings. The van der Waals surface area contributed by atoms with Crippen LogP contribution in [-0.4, -0.2) is 53.6 Å². The van der Waals surface area contributed by atoms with Gasteiger partial charge in [0.1, 0.15) is 5.82 Å². The van der Waals surface area contributed by atoms with Gasteiger partial charge in [-0.1, -0.05) is 26.7 Å². The van der Waals surface area contributed by atoms with E-state index in [1.165, 1.54) is 51.6 Å². The maximum atomic E-state index is 4.79. The molecule has 1 N–H and O–H groups in total. The second-order valence-corrected chi connectivity index (χ2v) is 7.75. The van der Waals surface area contributed by atoms with E-state index in [1.807, 2.05) is 6.20 Å². The summed E-state index contributed by atoms with van der Waals surface area (Å²) in [7, 11) is 0. The maximum absolute atomic E-state index is 4.79. The highest BCUT2D eigenvalue weighted by Gasteiger charge is 2.23. The summed E-state index contributed by atoms with van der Waals surface area (Å²) in [6.45, 7) is 10.4. The van der Waals surface area contributed by atoms with Gasteiger partial charge in [-0.3, -0.25) is 0 Å². The third-order valence-electron chi connectivity index (χ3n) is 5.20. The molecular weight excluding hydrogens is 298 g/mol. The Balaban J connectivity index is 1.53. The number of likely N-dealkylation sites (tertiary alicyclic amines) is 1. The highest BCUT2D eigenvalue weighted by molar-refractivity contribution is 5.43. The Morgan fingerprint density at radius 2 is 1.96 bits per heavy atom. The molecule has 3 heterocycles. The van der Waals surface area contributed by atoms with Crippen molar-refractivity contribution in [1.82, 2.24) is 14.9 Å².